The fourth-order valence-electron chi connectivity index (χ4n) is 1.43. The van der Waals surface area contributed by atoms with Crippen LogP contribution in [0.1, 0.15) is 10.4 Å². The van der Waals surface area contributed by atoms with Crippen LogP contribution in [0.5, 0.6) is 5.75 Å². The van der Waals surface area contributed by atoms with E-state index in [0.717, 1.165) is 0 Å². The van der Waals surface area contributed by atoms with Gasteiger partial charge in [-0.1, -0.05) is 11.6 Å². The standard InChI is InChI=1S/C13H10ClNO4S/c14-8-1-3-9(4-2-8)19-5-12(16)15-11-7-20-6-10(11)13(17)18/h1-4,6-7H,5H2,(H,15,16)(H,17,18). The van der Waals surface area contributed by atoms with Gasteiger partial charge in [0, 0.05) is 15.8 Å². The predicted molar refractivity (Wildman–Crippen MR) is 76.9 cm³/mol. The normalized spacial score (nSPS) is 10.1. The molecule has 0 unspecified atom stereocenters. The van der Waals surface area contributed by atoms with E-state index in [-0.39, 0.29) is 17.9 Å². The molecule has 1 amide bonds. The molecule has 20 heavy (non-hydrogen) atoms. The van der Waals surface area contributed by atoms with Gasteiger partial charge in [-0.15, -0.1) is 11.3 Å². The largest absolute Gasteiger partial charge is 0.484 e. The Hall–Kier alpha value is -2.05. The van der Waals surface area contributed by atoms with Crippen LogP contribution in [0.15, 0.2) is 35.0 Å². The summed E-state index contributed by atoms with van der Waals surface area (Å²) in [7, 11) is 0. The summed E-state index contributed by atoms with van der Waals surface area (Å²) in [4.78, 5) is 22.6. The highest BCUT2D eigenvalue weighted by atomic mass is 35.5. The molecular weight excluding hydrogens is 302 g/mol. The zero-order valence-electron chi connectivity index (χ0n) is 10.1. The minimum atomic E-state index is -1.08. The number of anilines is 1. The summed E-state index contributed by atoms with van der Waals surface area (Å²) in [5, 5.41) is 15.0. The van der Waals surface area contributed by atoms with Gasteiger partial charge in [0.25, 0.3) is 5.91 Å². The Morgan fingerprint density at radius 3 is 2.60 bits per heavy atom. The number of carboxylic acids is 1. The van der Waals surface area contributed by atoms with Crippen molar-refractivity contribution >= 4 is 40.5 Å². The molecule has 2 N–H and O–H groups in total. The van der Waals surface area contributed by atoms with Crippen LogP contribution >= 0.6 is 22.9 Å². The Morgan fingerprint density at radius 2 is 1.95 bits per heavy atom. The second-order valence-electron chi connectivity index (χ2n) is 3.80. The lowest BCUT2D eigenvalue weighted by Crippen LogP contribution is -2.20. The number of aromatic carboxylic acids is 1. The van der Waals surface area contributed by atoms with Crippen molar-refractivity contribution in [2.24, 2.45) is 0 Å². The first-order valence-corrected chi connectivity index (χ1v) is 6.86. The summed E-state index contributed by atoms with van der Waals surface area (Å²) < 4.78 is 5.26. The second kappa shape index (κ2) is 6.40. The van der Waals surface area contributed by atoms with E-state index in [1.54, 1.807) is 29.6 Å². The predicted octanol–water partition coefficient (Wildman–Crippen LogP) is 3.12. The molecule has 0 saturated heterocycles. The molecular formula is C13H10ClNO4S. The van der Waals surface area contributed by atoms with E-state index < -0.39 is 11.9 Å². The Kier molecular flexibility index (Phi) is 4.60. The van der Waals surface area contributed by atoms with E-state index in [9.17, 15) is 9.59 Å². The van der Waals surface area contributed by atoms with E-state index in [1.807, 2.05) is 0 Å². The van der Waals surface area contributed by atoms with Gasteiger partial charge < -0.3 is 15.2 Å². The van der Waals surface area contributed by atoms with E-state index in [0.29, 0.717) is 10.8 Å². The number of carbonyl (C=O) groups excluding carboxylic acids is 1. The quantitative estimate of drug-likeness (QED) is 0.889. The maximum atomic E-state index is 11.7. The molecule has 0 spiro atoms. The monoisotopic (exact) mass is 311 g/mol. The molecule has 104 valence electrons. The van der Waals surface area contributed by atoms with Gasteiger partial charge >= 0.3 is 5.97 Å². The molecule has 7 heteroatoms. The van der Waals surface area contributed by atoms with E-state index >= 15 is 0 Å². The molecule has 0 aliphatic heterocycles. The molecule has 2 aromatic rings. The Balaban J connectivity index is 1.91. The molecule has 1 aromatic heterocycles. The van der Waals surface area contributed by atoms with Crippen LogP contribution in [-0.4, -0.2) is 23.6 Å². The Morgan fingerprint density at radius 1 is 1.25 bits per heavy atom. The summed E-state index contributed by atoms with van der Waals surface area (Å²) in [5.41, 5.74) is 0.335. The number of hydrogen-bond donors (Lipinski definition) is 2. The van der Waals surface area contributed by atoms with Gasteiger partial charge in [-0.05, 0) is 24.3 Å². The fourth-order valence-corrected chi connectivity index (χ4v) is 2.31. The first-order valence-electron chi connectivity index (χ1n) is 5.54. The molecule has 1 heterocycles. The number of carboxylic acid groups (broad SMARTS) is 1. The molecule has 0 atom stereocenters. The third kappa shape index (κ3) is 3.72. The van der Waals surface area contributed by atoms with Gasteiger partial charge in [-0.25, -0.2) is 4.79 Å². The van der Waals surface area contributed by atoms with Crippen LogP contribution in [0.25, 0.3) is 0 Å². The zero-order chi connectivity index (χ0) is 14.5. The van der Waals surface area contributed by atoms with Crippen LogP contribution in [0.2, 0.25) is 5.02 Å². The lowest BCUT2D eigenvalue weighted by molar-refractivity contribution is -0.118. The van der Waals surface area contributed by atoms with Gasteiger partial charge in [0.1, 0.15) is 5.75 Å². The number of hydrogen-bond acceptors (Lipinski definition) is 4. The number of benzene rings is 1. The number of rotatable bonds is 5. The van der Waals surface area contributed by atoms with Crippen LogP contribution in [-0.2, 0) is 4.79 Å². The second-order valence-corrected chi connectivity index (χ2v) is 4.98. The van der Waals surface area contributed by atoms with Gasteiger partial charge in [0.2, 0.25) is 0 Å². The third-order valence-electron chi connectivity index (χ3n) is 2.35. The maximum absolute atomic E-state index is 11.7. The van der Waals surface area contributed by atoms with Crippen LogP contribution in [0.4, 0.5) is 5.69 Å². The number of halogens is 1. The van der Waals surface area contributed by atoms with Crippen molar-refractivity contribution in [1.29, 1.82) is 0 Å². The minimum absolute atomic E-state index is 0.0647. The molecule has 0 aliphatic rings. The number of ether oxygens (including phenoxy) is 1. The summed E-state index contributed by atoms with van der Waals surface area (Å²) in [6, 6.07) is 6.58. The first kappa shape index (κ1) is 14.4. The third-order valence-corrected chi connectivity index (χ3v) is 3.35. The Bertz CT molecular complexity index is 624. The average Bonchev–Trinajstić information content (AvgIpc) is 2.86. The lowest BCUT2D eigenvalue weighted by atomic mass is 10.3. The van der Waals surface area contributed by atoms with Crippen molar-refractivity contribution in [1.82, 2.24) is 0 Å². The summed E-state index contributed by atoms with van der Waals surface area (Å²) in [6.45, 7) is -0.212. The highest BCUT2D eigenvalue weighted by Crippen LogP contribution is 2.21. The Labute approximate surface area is 123 Å². The van der Waals surface area contributed by atoms with Gasteiger partial charge in [0.15, 0.2) is 6.61 Å². The fraction of sp³-hybridized carbons (Fsp3) is 0.0769. The molecule has 2 rings (SSSR count). The minimum Gasteiger partial charge on any atom is -0.484 e. The number of carbonyl (C=O) groups is 2. The number of nitrogens with one attached hydrogen (secondary N) is 1. The summed E-state index contributed by atoms with van der Waals surface area (Å²) >= 11 is 6.93. The van der Waals surface area contributed by atoms with Gasteiger partial charge in [0.05, 0.1) is 11.3 Å². The van der Waals surface area contributed by atoms with Crippen molar-refractivity contribution in [3.63, 3.8) is 0 Å². The topological polar surface area (TPSA) is 75.6 Å². The highest BCUT2D eigenvalue weighted by Gasteiger charge is 2.13. The summed E-state index contributed by atoms with van der Waals surface area (Å²) in [6.07, 6.45) is 0. The van der Waals surface area contributed by atoms with Crippen molar-refractivity contribution < 1.29 is 19.4 Å². The zero-order valence-corrected chi connectivity index (χ0v) is 11.7. The molecule has 0 saturated carbocycles. The van der Waals surface area contributed by atoms with Crippen molar-refractivity contribution in [2.75, 3.05) is 11.9 Å². The number of thiophene rings is 1. The van der Waals surface area contributed by atoms with E-state index in [2.05, 4.69) is 5.32 Å². The van der Waals surface area contributed by atoms with Crippen molar-refractivity contribution in [3.8, 4) is 5.75 Å². The summed E-state index contributed by atoms with van der Waals surface area (Å²) in [5.74, 6) is -1.01. The molecule has 0 radical (unpaired) electrons. The highest BCUT2D eigenvalue weighted by molar-refractivity contribution is 7.08. The maximum Gasteiger partial charge on any atom is 0.338 e. The van der Waals surface area contributed by atoms with E-state index in [1.165, 1.54) is 16.7 Å². The molecule has 5 nitrogen and oxygen atoms in total. The lowest BCUT2D eigenvalue weighted by Gasteiger charge is -2.07. The SMILES string of the molecule is O=C(COc1ccc(Cl)cc1)Nc1cscc1C(=O)O. The molecule has 0 fully saturated rings. The molecule has 0 bridgehead atoms. The van der Waals surface area contributed by atoms with E-state index in [4.69, 9.17) is 21.4 Å². The smallest absolute Gasteiger partial charge is 0.338 e. The van der Waals surface area contributed by atoms with Gasteiger partial charge in [-0.2, -0.15) is 0 Å². The number of amides is 1. The average molecular weight is 312 g/mol. The molecule has 0 aliphatic carbocycles. The van der Waals surface area contributed by atoms with Crippen LogP contribution < -0.4 is 10.1 Å². The van der Waals surface area contributed by atoms with Gasteiger partial charge in [-0.3, -0.25) is 4.79 Å². The van der Waals surface area contributed by atoms with Crippen molar-refractivity contribution in [3.05, 3.63) is 45.6 Å². The molecule has 1 aromatic carbocycles. The first-order chi connectivity index (χ1) is 9.56. The van der Waals surface area contributed by atoms with Crippen LogP contribution in [0.3, 0.4) is 0 Å². The van der Waals surface area contributed by atoms with Crippen LogP contribution in [0, 0.1) is 0 Å². The van der Waals surface area contributed by atoms with Crippen molar-refractivity contribution in [2.45, 2.75) is 0 Å².